The zero-order valence-electron chi connectivity index (χ0n) is 15.6. The van der Waals surface area contributed by atoms with E-state index in [4.69, 9.17) is 19.0 Å². The molecule has 0 aromatic rings. The van der Waals surface area contributed by atoms with Crippen molar-refractivity contribution >= 4 is 7.82 Å². The van der Waals surface area contributed by atoms with E-state index in [0.717, 1.165) is 0 Å². The lowest BCUT2D eigenvalue weighted by Gasteiger charge is -2.35. The molecule has 0 bridgehead atoms. The summed E-state index contributed by atoms with van der Waals surface area (Å²) in [5.74, 6) is 0. The van der Waals surface area contributed by atoms with Crippen molar-refractivity contribution in [2.75, 3.05) is 6.61 Å². The second kappa shape index (κ2) is 10.4. The van der Waals surface area contributed by atoms with Gasteiger partial charge in [-0.15, -0.1) is 0 Å². The van der Waals surface area contributed by atoms with Crippen molar-refractivity contribution in [2.24, 2.45) is 0 Å². The molecule has 0 saturated carbocycles. The highest BCUT2D eigenvalue weighted by atomic mass is 31.2. The predicted octanol–water partition coefficient (Wildman–Crippen LogP) is 4.13. The minimum atomic E-state index is -3.88. The fourth-order valence-corrected chi connectivity index (χ4v) is 3.72. The van der Waals surface area contributed by atoms with E-state index in [-0.39, 0.29) is 37.2 Å². The van der Waals surface area contributed by atoms with Crippen molar-refractivity contribution in [1.82, 2.24) is 10.1 Å². The minimum Gasteiger partial charge on any atom is -0.284 e. The van der Waals surface area contributed by atoms with Crippen LogP contribution in [-0.2, 0) is 18.3 Å². The Bertz CT molecular complexity index is 379. The molecule has 136 valence electrons. The molecule has 0 aromatic heterocycles. The van der Waals surface area contributed by atoms with Gasteiger partial charge in [-0.1, -0.05) is 0 Å². The first-order valence-electron chi connectivity index (χ1n) is 8.11. The first-order chi connectivity index (χ1) is 10.5. The number of rotatable bonds is 11. The van der Waals surface area contributed by atoms with Crippen molar-refractivity contribution in [3.8, 4) is 6.07 Å². The van der Waals surface area contributed by atoms with Crippen LogP contribution >= 0.6 is 7.82 Å². The van der Waals surface area contributed by atoms with E-state index >= 15 is 0 Å². The summed E-state index contributed by atoms with van der Waals surface area (Å²) in [5.41, 5.74) is 0. The van der Waals surface area contributed by atoms with E-state index in [1.165, 1.54) is 0 Å². The first-order valence-corrected chi connectivity index (χ1v) is 9.57. The van der Waals surface area contributed by atoms with E-state index in [2.05, 4.69) is 0 Å². The van der Waals surface area contributed by atoms with Crippen LogP contribution in [0, 0.1) is 11.3 Å². The molecule has 7 nitrogen and oxygen atoms in total. The molecule has 0 saturated heterocycles. The molecule has 0 fully saturated rings. The molecule has 0 N–H and O–H groups in total. The molecule has 0 atom stereocenters. The number of phosphoric acid groups is 1. The van der Waals surface area contributed by atoms with Crippen molar-refractivity contribution in [3.63, 3.8) is 0 Å². The Balaban J connectivity index is 5.30. The molecule has 0 aliphatic rings. The predicted molar refractivity (Wildman–Crippen MR) is 90.2 cm³/mol. The highest BCUT2D eigenvalue weighted by molar-refractivity contribution is 7.48. The van der Waals surface area contributed by atoms with Gasteiger partial charge in [-0.3, -0.25) is 4.52 Å². The van der Waals surface area contributed by atoms with E-state index in [1.54, 1.807) is 10.1 Å². The lowest BCUT2D eigenvalue weighted by molar-refractivity contribution is -0.187. The quantitative estimate of drug-likeness (QED) is 0.315. The Morgan fingerprint density at radius 2 is 1.22 bits per heavy atom. The third kappa shape index (κ3) is 8.25. The van der Waals surface area contributed by atoms with Crippen molar-refractivity contribution in [1.29, 1.82) is 5.26 Å². The van der Waals surface area contributed by atoms with Gasteiger partial charge in [-0.25, -0.2) is 4.57 Å². The van der Waals surface area contributed by atoms with Gasteiger partial charge in [0.2, 0.25) is 0 Å². The van der Waals surface area contributed by atoms with Gasteiger partial charge in [-0.05, 0) is 55.4 Å². The molecular weight excluding hydrogens is 317 g/mol. The zero-order valence-corrected chi connectivity index (χ0v) is 16.5. The summed E-state index contributed by atoms with van der Waals surface area (Å²) in [5, 5.41) is 11.8. The lowest BCUT2D eigenvalue weighted by atomic mass is 10.3. The average Bonchev–Trinajstić information content (AvgIpc) is 2.41. The fourth-order valence-electron chi connectivity index (χ4n) is 2.07. The molecule has 0 spiro atoms. The van der Waals surface area contributed by atoms with Gasteiger partial charge >= 0.3 is 7.82 Å². The van der Waals surface area contributed by atoms with Crippen LogP contribution in [0.2, 0.25) is 0 Å². The third-order valence-corrected chi connectivity index (χ3v) is 4.16. The van der Waals surface area contributed by atoms with Gasteiger partial charge in [0.15, 0.2) is 0 Å². The molecule has 0 amide bonds. The normalized spacial score (nSPS) is 13.1. The standard InChI is InChI=1S/C15H32N3O4P/c1-12(2)17(13(3)4)21-23(19,20-11-9-10-16)22-18(14(5)6)15(7)8/h12-15H,9,11H2,1-8H3. The van der Waals surface area contributed by atoms with Crippen molar-refractivity contribution in [2.45, 2.75) is 86.0 Å². The summed E-state index contributed by atoms with van der Waals surface area (Å²) in [6.45, 7) is 15.5. The number of nitrogens with zero attached hydrogens (tertiary/aromatic N) is 3. The van der Waals surface area contributed by atoms with Gasteiger partial charge in [0.05, 0.1) is 19.1 Å². The molecule has 0 radical (unpaired) electrons. The number of hydrogen-bond acceptors (Lipinski definition) is 7. The molecule has 23 heavy (non-hydrogen) atoms. The fraction of sp³-hybridized carbons (Fsp3) is 0.933. The van der Waals surface area contributed by atoms with Crippen LogP contribution in [0.25, 0.3) is 0 Å². The molecule has 0 unspecified atom stereocenters. The highest BCUT2D eigenvalue weighted by Gasteiger charge is 2.37. The molecule has 0 aromatic carbocycles. The number of nitriles is 1. The molecule has 0 aliphatic carbocycles. The van der Waals surface area contributed by atoms with Crippen molar-refractivity contribution in [3.05, 3.63) is 0 Å². The zero-order chi connectivity index (χ0) is 18.2. The van der Waals surface area contributed by atoms with Crippen LogP contribution in [-0.4, -0.2) is 40.9 Å². The second-order valence-corrected chi connectivity index (χ2v) is 7.93. The minimum absolute atomic E-state index is 0.00181. The summed E-state index contributed by atoms with van der Waals surface area (Å²) in [4.78, 5) is 0. The van der Waals surface area contributed by atoms with Crippen molar-refractivity contribution < 1.29 is 18.3 Å². The van der Waals surface area contributed by atoms with E-state index in [0.29, 0.717) is 0 Å². The lowest BCUT2D eigenvalue weighted by Crippen LogP contribution is -2.40. The van der Waals surface area contributed by atoms with Crippen LogP contribution in [0.4, 0.5) is 0 Å². The molecule has 0 rings (SSSR count). The topological polar surface area (TPSA) is 75.0 Å². The summed E-state index contributed by atoms with van der Waals surface area (Å²) < 4.78 is 29.7. The SMILES string of the molecule is CC(C)N(OP(=O)(OCCC#N)ON(C(C)C)C(C)C)C(C)C. The Morgan fingerprint density at radius 3 is 1.48 bits per heavy atom. The Labute approximate surface area is 141 Å². The monoisotopic (exact) mass is 349 g/mol. The Morgan fingerprint density at radius 1 is 0.870 bits per heavy atom. The number of hydrogen-bond donors (Lipinski definition) is 0. The summed E-state index contributed by atoms with van der Waals surface area (Å²) in [7, 11) is -3.88. The van der Waals surface area contributed by atoms with E-state index < -0.39 is 7.82 Å². The summed E-state index contributed by atoms with van der Waals surface area (Å²) in [6, 6.07) is 1.95. The van der Waals surface area contributed by atoms with Gasteiger partial charge < -0.3 is 0 Å². The van der Waals surface area contributed by atoms with Crippen LogP contribution in [0.1, 0.15) is 61.8 Å². The Hall–Kier alpha value is -0.480. The second-order valence-electron chi connectivity index (χ2n) is 6.45. The summed E-state index contributed by atoms with van der Waals surface area (Å²) >= 11 is 0. The van der Waals surface area contributed by atoms with Crippen LogP contribution in [0.3, 0.4) is 0 Å². The molecule has 8 heteroatoms. The van der Waals surface area contributed by atoms with Gasteiger partial charge in [0.1, 0.15) is 0 Å². The molecule has 0 aliphatic heterocycles. The largest absolute Gasteiger partial charge is 0.508 e. The first kappa shape index (κ1) is 22.5. The maximum Gasteiger partial charge on any atom is 0.508 e. The average molecular weight is 349 g/mol. The van der Waals surface area contributed by atoms with Crippen LogP contribution < -0.4 is 0 Å². The smallest absolute Gasteiger partial charge is 0.284 e. The van der Waals surface area contributed by atoms with Gasteiger partial charge in [0.25, 0.3) is 0 Å². The van der Waals surface area contributed by atoms with Crippen LogP contribution in [0.5, 0.6) is 0 Å². The van der Waals surface area contributed by atoms with Gasteiger partial charge in [0, 0.05) is 24.2 Å². The maximum absolute atomic E-state index is 13.1. The van der Waals surface area contributed by atoms with Gasteiger partial charge in [-0.2, -0.15) is 24.6 Å². The number of hydroxylamine groups is 4. The van der Waals surface area contributed by atoms with Crippen LogP contribution in [0.15, 0.2) is 0 Å². The maximum atomic E-state index is 13.1. The summed E-state index contributed by atoms with van der Waals surface area (Å²) in [6.07, 6.45) is 0.115. The van der Waals surface area contributed by atoms with E-state index in [1.807, 2.05) is 61.5 Å². The highest BCUT2D eigenvalue weighted by Crippen LogP contribution is 2.52. The Kier molecular flexibility index (Phi) is 10.2. The molecular formula is C15H32N3O4P. The molecule has 0 heterocycles. The van der Waals surface area contributed by atoms with E-state index in [9.17, 15) is 4.57 Å². The third-order valence-electron chi connectivity index (χ3n) is 2.89.